The van der Waals surface area contributed by atoms with Crippen LogP contribution in [0.25, 0.3) is 0 Å². The first-order valence-electron chi connectivity index (χ1n) is 8.21. The number of amides is 2. The van der Waals surface area contributed by atoms with E-state index in [4.69, 9.17) is 32.7 Å². The molecule has 1 aliphatic heterocycles. The number of rotatable bonds is 5. The van der Waals surface area contributed by atoms with E-state index in [0.717, 1.165) is 0 Å². The number of nitrogens with one attached hydrogen (secondary N) is 1. The van der Waals surface area contributed by atoms with Crippen LogP contribution in [0.2, 0.25) is 10.0 Å². The predicted octanol–water partition coefficient (Wildman–Crippen LogP) is 4.00. The molecule has 0 radical (unpaired) electrons. The second-order valence-corrected chi connectivity index (χ2v) is 6.88. The van der Waals surface area contributed by atoms with E-state index in [1.54, 1.807) is 48.4 Å². The Bertz CT molecular complexity index is 888. The zero-order valence-corrected chi connectivity index (χ0v) is 16.3. The fourth-order valence-electron chi connectivity index (χ4n) is 2.94. The number of methoxy groups -OCH3 is 2. The van der Waals surface area contributed by atoms with Crippen molar-refractivity contribution in [2.24, 2.45) is 5.92 Å². The molecule has 1 atom stereocenters. The zero-order valence-electron chi connectivity index (χ0n) is 14.8. The van der Waals surface area contributed by atoms with E-state index >= 15 is 0 Å². The Kier molecular flexibility index (Phi) is 5.77. The quantitative estimate of drug-likeness (QED) is 0.811. The minimum atomic E-state index is -0.487. The Morgan fingerprint density at radius 3 is 2.56 bits per heavy atom. The number of halogens is 2. The number of ether oxygens (including phenoxy) is 2. The van der Waals surface area contributed by atoms with Crippen LogP contribution in [-0.4, -0.2) is 32.6 Å². The SMILES string of the molecule is COc1ccc(N2CC(C(=O)Nc3ccc(Cl)c(Cl)c3)CC2=O)c(OC)c1. The second-order valence-electron chi connectivity index (χ2n) is 6.06. The lowest BCUT2D eigenvalue weighted by atomic mass is 10.1. The lowest BCUT2D eigenvalue weighted by molar-refractivity contribution is -0.122. The molecule has 1 aliphatic rings. The summed E-state index contributed by atoms with van der Waals surface area (Å²) in [5, 5.41) is 3.53. The van der Waals surface area contributed by atoms with E-state index in [2.05, 4.69) is 5.32 Å². The van der Waals surface area contributed by atoms with Gasteiger partial charge in [0.25, 0.3) is 0 Å². The van der Waals surface area contributed by atoms with E-state index in [9.17, 15) is 9.59 Å². The van der Waals surface area contributed by atoms with E-state index < -0.39 is 5.92 Å². The van der Waals surface area contributed by atoms with Gasteiger partial charge in [0, 0.05) is 24.7 Å². The molecule has 3 rings (SSSR count). The molecule has 0 spiro atoms. The molecular weight excluding hydrogens is 391 g/mol. The minimum Gasteiger partial charge on any atom is -0.497 e. The van der Waals surface area contributed by atoms with Crippen molar-refractivity contribution in [1.82, 2.24) is 0 Å². The van der Waals surface area contributed by atoms with Crippen molar-refractivity contribution in [3.8, 4) is 11.5 Å². The van der Waals surface area contributed by atoms with Crippen LogP contribution in [0.5, 0.6) is 11.5 Å². The molecule has 0 saturated carbocycles. The molecule has 27 heavy (non-hydrogen) atoms. The van der Waals surface area contributed by atoms with E-state index in [1.165, 1.54) is 7.11 Å². The summed E-state index contributed by atoms with van der Waals surface area (Å²) in [5.74, 6) is 0.243. The highest BCUT2D eigenvalue weighted by Gasteiger charge is 2.36. The van der Waals surface area contributed by atoms with Crippen LogP contribution < -0.4 is 19.7 Å². The predicted molar refractivity (Wildman–Crippen MR) is 105 cm³/mol. The van der Waals surface area contributed by atoms with Gasteiger partial charge in [-0.1, -0.05) is 23.2 Å². The molecule has 2 amide bonds. The summed E-state index contributed by atoms with van der Waals surface area (Å²) >= 11 is 11.9. The van der Waals surface area contributed by atoms with Crippen LogP contribution in [0.4, 0.5) is 11.4 Å². The van der Waals surface area contributed by atoms with Crippen LogP contribution in [-0.2, 0) is 9.59 Å². The largest absolute Gasteiger partial charge is 0.497 e. The molecule has 1 fully saturated rings. The van der Waals surface area contributed by atoms with Crippen molar-refractivity contribution in [1.29, 1.82) is 0 Å². The zero-order chi connectivity index (χ0) is 19.6. The first-order valence-corrected chi connectivity index (χ1v) is 8.97. The third kappa shape index (κ3) is 4.12. The molecular formula is C19H18Cl2N2O4. The fourth-order valence-corrected chi connectivity index (χ4v) is 3.24. The topological polar surface area (TPSA) is 67.9 Å². The van der Waals surface area contributed by atoms with E-state index in [-0.39, 0.29) is 24.8 Å². The molecule has 1 N–H and O–H groups in total. The Labute approximate surface area is 167 Å². The van der Waals surface area contributed by atoms with Gasteiger partial charge in [-0.15, -0.1) is 0 Å². The van der Waals surface area contributed by atoms with Gasteiger partial charge in [0.05, 0.1) is 35.9 Å². The average molecular weight is 409 g/mol. The summed E-state index contributed by atoms with van der Waals surface area (Å²) in [7, 11) is 3.08. The van der Waals surface area contributed by atoms with E-state index in [1.807, 2.05) is 0 Å². The maximum absolute atomic E-state index is 12.6. The summed E-state index contributed by atoms with van der Waals surface area (Å²) in [6.45, 7) is 0.259. The van der Waals surface area contributed by atoms with Crippen LogP contribution in [0, 0.1) is 5.92 Å². The smallest absolute Gasteiger partial charge is 0.229 e. The average Bonchev–Trinajstić information content (AvgIpc) is 3.05. The molecule has 0 bridgehead atoms. The van der Waals surface area contributed by atoms with E-state index in [0.29, 0.717) is 32.9 Å². The monoisotopic (exact) mass is 408 g/mol. The molecule has 0 aliphatic carbocycles. The number of hydrogen-bond donors (Lipinski definition) is 1. The maximum atomic E-state index is 12.6. The molecule has 2 aromatic rings. The van der Waals surface area contributed by atoms with Gasteiger partial charge in [0.15, 0.2) is 0 Å². The maximum Gasteiger partial charge on any atom is 0.229 e. The second kappa shape index (κ2) is 8.06. The normalized spacial score (nSPS) is 16.4. The van der Waals surface area contributed by atoms with Gasteiger partial charge in [-0.25, -0.2) is 0 Å². The third-order valence-electron chi connectivity index (χ3n) is 4.36. The molecule has 8 heteroatoms. The third-order valence-corrected chi connectivity index (χ3v) is 5.10. The van der Waals surface area contributed by atoms with Gasteiger partial charge in [0.2, 0.25) is 11.8 Å². The highest BCUT2D eigenvalue weighted by molar-refractivity contribution is 6.42. The van der Waals surface area contributed by atoms with Crippen molar-refractivity contribution in [3.63, 3.8) is 0 Å². The first-order chi connectivity index (χ1) is 12.9. The summed E-state index contributed by atoms with van der Waals surface area (Å²) in [4.78, 5) is 26.6. The van der Waals surface area contributed by atoms with Gasteiger partial charge < -0.3 is 19.7 Å². The molecule has 0 aromatic heterocycles. The van der Waals surface area contributed by atoms with Crippen molar-refractivity contribution >= 4 is 46.4 Å². The number of carbonyl (C=O) groups excluding carboxylic acids is 2. The van der Waals surface area contributed by atoms with Gasteiger partial charge in [0.1, 0.15) is 11.5 Å². The fraction of sp³-hybridized carbons (Fsp3) is 0.263. The number of nitrogens with zero attached hydrogens (tertiary/aromatic N) is 1. The lowest BCUT2D eigenvalue weighted by Gasteiger charge is -2.20. The standard InChI is InChI=1S/C19H18Cl2N2O4/c1-26-13-4-6-16(17(9-13)27-2)23-10-11(7-18(23)24)19(25)22-12-3-5-14(20)15(21)8-12/h3-6,8-9,11H,7,10H2,1-2H3,(H,22,25). The molecule has 6 nitrogen and oxygen atoms in total. The summed E-state index contributed by atoms with van der Waals surface area (Å²) in [6.07, 6.45) is 0.113. The summed E-state index contributed by atoms with van der Waals surface area (Å²) in [6, 6.07) is 10.0. The van der Waals surface area contributed by atoms with Gasteiger partial charge in [-0.3, -0.25) is 9.59 Å². The Hall–Kier alpha value is -2.44. The molecule has 2 aromatic carbocycles. The van der Waals surface area contributed by atoms with Crippen molar-refractivity contribution in [2.45, 2.75) is 6.42 Å². The molecule has 1 saturated heterocycles. The Morgan fingerprint density at radius 1 is 1.11 bits per heavy atom. The van der Waals surface area contributed by atoms with Crippen LogP contribution in [0.1, 0.15) is 6.42 Å². The number of hydrogen-bond acceptors (Lipinski definition) is 4. The molecule has 142 valence electrons. The summed E-state index contributed by atoms with van der Waals surface area (Å²) < 4.78 is 10.5. The van der Waals surface area contributed by atoms with Gasteiger partial charge >= 0.3 is 0 Å². The first kappa shape index (κ1) is 19.3. The van der Waals surface area contributed by atoms with Crippen molar-refractivity contribution < 1.29 is 19.1 Å². The summed E-state index contributed by atoms with van der Waals surface area (Å²) in [5.41, 5.74) is 1.13. The number of benzene rings is 2. The highest BCUT2D eigenvalue weighted by Crippen LogP contribution is 2.36. The molecule has 1 heterocycles. The van der Waals surface area contributed by atoms with Crippen LogP contribution >= 0.6 is 23.2 Å². The van der Waals surface area contributed by atoms with Gasteiger partial charge in [-0.05, 0) is 30.3 Å². The highest BCUT2D eigenvalue weighted by atomic mass is 35.5. The molecule has 1 unspecified atom stereocenters. The van der Waals surface area contributed by atoms with Crippen LogP contribution in [0.3, 0.4) is 0 Å². The van der Waals surface area contributed by atoms with Gasteiger partial charge in [-0.2, -0.15) is 0 Å². The van der Waals surface area contributed by atoms with Crippen molar-refractivity contribution in [3.05, 3.63) is 46.4 Å². The number of anilines is 2. The Balaban J connectivity index is 1.75. The number of carbonyl (C=O) groups is 2. The van der Waals surface area contributed by atoms with Crippen LogP contribution in [0.15, 0.2) is 36.4 Å². The lowest BCUT2D eigenvalue weighted by Crippen LogP contribution is -2.28. The van der Waals surface area contributed by atoms with Crippen molar-refractivity contribution in [2.75, 3.05) is 31.0 Å². The minimum absolute atomic E-state index is 0.113. The Morgan fingerprint density at radius 2 is 1.89 bits per heavy atom.